The molecule has 2 heterocycles. The zero-order valence-corrected chi connectivity index (χ0v) is 12.4. The van der Waals surface area contributed by atoms with Crippen LogP contribution in [-0.4, -0.2) is 55.0 Å². The van der Waals surface area contributed by atoms with Crippen LogP contribution in [0.4, 0.5) is 0 Å². The first-order valence-electron chi connectivity index (χ1n) is 6.99. The Hall–Kier alpha value is -1.11. The maximum Gasteiger partial charge on any atom is 0.243 e. The van der Waals surface area contributed by atoms with E-state index in [2.05, 4.69) is 11.9 Å². The van der Waals surface area contributed by atoms with Crippen LogP contribution in [0.25, 0.3) is 0 Å². The summed E-state index contributed by atoms with van der Waals surface area (Å²) in [5.41, 5.74) is 0. The van der Waals surface area contributed by atoms with E-state index in [4.69, 9.17) is 0 Å². The third-order valence-electron chi connectivity index (χ3n) is 4.57. The molecular weight excluding hydrogens is 276 g/mol. The molecule has 2 unspecified atom stereocenters. The SMILES string of the molecule is CN1C2CCC1CN(S(=O)(=O)c1cccc(O)c1)CC2. The van der Waals surface area contributed by atoms with E-state index in [1.54, 1.807) is 16.4 Å². The van der Waals surface area contributed by atoms with E-state index in [1.165, 1.54) is 18.6 Å². The maximum absolute atomic E-state index is 12.7. The van der Waals surface area contributed by atoms with Crippen LogP contribution in [0.3, 0.4) is 0 Å². The molecule has 0 radical (unpaired) electrons. The number of rotatable bonds is 2. The summed E-state index contributed by atoms with van der Waals surface area (Å²) in [7, 11) is -1.42. The largest absolute Gasteiger partial charge is 0.508 e. The Bertz CT molecular complexity index is 602. The molecule has 1 aromatic carbocycles. The summed E-state index contributed by atoms with van der Waals surface area (Å²) in [6.07, 6.45) is 3.11. The Morgan fingerprint density at radius 3 is 2.70 bits per heavy atom. The summed E-state index contributed by atoms with van der Waals surface area (Å²) in [5, 5.41) is 9.49. The van der Waals surface area contributed by atoms with Crippen LogP contribution in [-0.2, 0) is 10.0 Å². The number of hydrogen-bond acceptors (Lipinski definition) is 4. The third-order valence-corrected chi connectivity index (χ3v) is 6.43. The average Bonchev–Trinajstić information content (AvgIpc) is 2.62. The van der Waals surface area contributed by atoms with Gasteiger partial charge in [0.2, 0.25) is 10.0 Å². The van der Waals surface area contributed by atoms with Gasteiger partial charge in [0.05, 0.1) is 4.90 Å². The van der Waals surface area contributed by atoms with Gasteiger partial charge in [0, 0.05) is 25.2 Å². The van der Waals surface area contributed by atoms with Crippen molar-refractivity contribution in [1.82, 2.24) is 9.21 Å². The van der Waals surface area contributed by atoms with Crippen LogP contribution in [0, 0.1) is 0 Å². The number of fused-ring (bicyclic) bond motifs is 2. The fraction of sp³-hybridized carbons (Fsp3) is 0.571. The minimum absolute atomic E-state index is 0.0143. The van der Waals surface area contributed by atoms with Gasteiger partial charge in [-0.15, -0.1) is 0 Å². The molecule has 5 nitrogen and oxygen atoms in total. The van der Waals surface area contributed by atoms with Crippen LogP contribution in [0.1, 0.15) is 19.3 Å². The first-order valence-corrected chi connectivity index (χ1v) is 8.43. The van der Waals surface area contributed by atoms with Crippen molar-refractivity contribution in [2.75, 3.05) is 20.1 Å². The number of nitrogens with zero attached hydrogens (tertiary/aromatic N) is 2. The molecule has 2 fully saturated rings. The molecule has 3 rings (SSSR count). The van der Waals surface area contributed by atoms with Crippen molar-refractivity contribution in [3.63, 3.8) is 0 Å². The van der Waals surface area contributed by atoms with Crippen LogP contribution in [0.2, 0.25) is 0 Å². The number of phenolic OH excluding ortho intramolecular Hbond substituents is 1. The number of hydrogen-bond donors (Lipinski definition) is 1. The molecule has 2 aliphatic heterocycles. The van der Waals surface area contributed by atoms with Crippen LogP contribution >= 0.6 is 0 Å². The third kappa shape index (κ3) is 2.32. The monoisotopic (exact) mass is 296 g/mol. The average molecular weight is 296 g/mol. The van der Waals surface area contributed by atoms with Gasteiger partial charge in [0.1, 0.15) is 5.75 Å². The zero-order chi connectivity index (χ0) is 14.3. The van der Waals surface area contributed by atoms with Crippen molar-refractivity contribution < 1.29 is 13.5 Å². The van der Waals surface area contributed by atoms with Crippen molar-refractivity contribution >= 4 is 10.0 Å². The second-order valence-electron chi connectivity index (χ2n) is 5.70. The second-order valence-corrected chi connectivity index (χ2v) is 7.64. The Labute approximate surface area is 119 Å². The highest BCUT2D eigenvalue weighted by atomic mass is 32.2. The summed E-state index contributed by atoms with van der Waals surface area (Å²) in [4.78, 5) is 2.50. The zero-order valence-electron chi connectivity index (χ0n) is 11.6. The van der Waals surface area contributed by atoms with E-state index < -0.39 is 10.0 Å². The molecule has 2 atom stereocenters. The number of likely N-dealkylation sites (N-methyl/N-ethyl adjacent to an activating group) is 1. The number of phenols is 1. The van der Waals surface area contributed by atoms with Gasteiger partial charge in [-0.3, -0.25) is 4.90 Å². The van der Waals surface area contributed by atoms with Gasteiger partial charge < -0.3 is 5.11 Å². The van der Waals surface area contributed by atoms with E-state index in [0.717, 1.165) is 12.8 Å². The summed E-state index contributed by atoms with van der Waals surface area (Å²) in [5.74, 6) is -0.0143. The molecular formula is C14H20N2O3S. The fourth-order valence-electron chi connectivity index (χ4n) is 3.29. The summed E-state index contributed by atoms with van der Waals surface area (Å²) in [6.45, 7) is 1.11. The van der Waals surface area contributed by atoms with Gasteiger partial charge in [-0.2, -0.15) is 4.31 Å². The summed E-state index contributed by atoms with van der Waals surface area (Å²) in [6, 6.07) is 6.73. The molecule has 2 bridgehead atoms. The molecule has 2 saturated heterocycles. The van der Waals surface area contributed by atoms with E-state index in [0.29, 0.717) is 25.2 Å². The van der Waals surface area contributed by atoms with Crippen molar-refractivity contribution in [3.8, 4) is 5.75 Å². The Balaban J connectivity index is 1.88. The topological polar surface area (TPSA) is 60.9 Å². The lowest BCUT2D eigenvalue weighted by Crippen LogP contribution is -2.39. The summed E-state index contributed by atoms with van der Waals surface area (Å²) >= 11 is 0. The van der Waals surface area contributed by atoms with Crippen molar-refractivity contribution in [3.05, 3.63) is 24.3 Å². The second kappa shape index (κ2) is 5.02. The smallest absolute Gasteiger partial charge is 0.243 e. The lowest BCUT2D eigenvalue weighted by molar-refractivity contribution is 0.246. The van der Waals surface area contributed by atoms with Gasteiger partial charge in [0.25, 0.3) is 0 Å². The molecule has 0 amide bonds. The molecule has 1 aromatic rings. The summed E-state index contributed by atoms with van der Waals surface area (Å²) < 4.78 is 26.9. The number of sulfonamides is 1. The highest BCUT2D eigenvalue weighted by Gasteiger charge is 2.38. The number of benzene rings is 1. The lowest BCUT2D eigenvalue weighted by atomic mass is 10.1. The van der Waals surface area contributed by atoms with E-state index in [9.17, 15) is 13.5 Å². The molecule has 110 valence electrons. The molecule has 0 aromatic heterocycles. The first kappa shape index (κ1) is 13.9. The first-order chi connectivity index (χ1) is 9.48. The Kier molecular flexibility index (Phi) is 3.48. The highest BCUT2D eigenvalue weighted by Crippen LogP contribution is 2.31. The Morgan fingerprint density at radius 2 is 1.95 bits per heavy atom. The molecule has 20 heavy (non-hydrogen) atoms. The molecule has 6 heteroatoms. The van der Waals surface area contributed by atoms with Crippen molar-refractivity contribution in [1.29, 1.82) is 0 Å². The van der Waals surface area contributed by atoms with Crippen LogP contribution in [0.15, 0.2) is 29.2 Å². The van der Waals surface area contributed by atoms with Crippen LogP contribution in [0.5, 0.6) is 5.75 Å². The van der Waals surface area contributed by atoms with Crippen molar-refractivity contribution in [2.24, 2.45) is 0 Å². The van der Waals surface area contributed by atoms with Gasteiger partial charge in [-0.25, -0.2) is 8.42 Å². The van der Waals surface area contributed by atoms with E-state index in [-0.39, 0.29) is 10.6 Å². The predicted molar refractivity (Wildman–Crippen MR) is 76.1 cm³/mol. The van der Waals surface area contributed by atoms with Crippen LogP contribution < -0.4 is 0 Å². The minimum Gasteiger partial charge on any atom is -0.508 e. The lowest BCUT2D eigenvalue weighted by Gasteiger charge is -2.25. The van der Waals surface area contributed by atoms with Gasteiger partial charge >= 0.3 is 0 Å². The molecule has 0 aliphatic carbocycles. The number of aromatic hydroxyl groups is 1. The fourth-order valence-corrected chi connectivity index (χ4v) is 4.82. The van der Waals surface area contributed by atoms with Gasteiger partial charge in [-0.05, 0) is 44.5 Å². The van der Waals surface area contributed by atoms with E-state index in [1.807, 2.05) is 0 Å². The molecule has 0 spiro atoms. The standard InChI is InChI=1S/C14H20N2O3S/c1-15-11-5-6-12(15)10-16(8-7-11)20(18,19)14-4-2-3-13(17)9-14/h2-4,9,11-12,17H,5-8,10H2,1H3. The Morgan fingerprint density at radius 1 is 1.20 bits per heavy atom. The van der Waals surface area contributed by atoms with Gasteiger partial charge in [0.15, 0.2) is 0 Å². The van der Waals surface area contributed by atoms with E-state index >= 15 is 0 Å². The normalized spacial score (nSPS) is 28.4. The predicted octanol–water partition coefficient (Wildman–Crippen LogP) is 1.25. The minimum atomic E-state index is -3.51. The molecule has 0 saturated carbocycles. The van der Waals surface area contributed by atoms with Gasteiger partial charge in [-0.1, -0.05) is 6.07 Å². The highest BCUT2D eigenvalue weighted by molar-refractivity contribution is 7.89. The maximum atomic E-state index is 12.7. The molecule has 1 N–H and O–H groups in total. The molecule has 2 aliphatic rings. The quantitative estimate of drug-likeness (QED) is 0.892. The van der Waals surface area contributed by atoms with Crippen molar-refractivity contribution in [2.45, 2.75) is 36.2 Å².